The van der Waals surface area contributed by atoms with Crippen LogP contribution in [0, 0.1) is 11.7 Å². The lowest BCUT2D eigenvalue weighted by Gasteiger charge is -2.20. The lowest BCUT2D eigenvalue weighted by atomic mass is 10.0. The quantitative estimate of drug-likeness (QED) is 0.324. The molecule has 0 aromatic heterocycles. The van der Waals surface area contributed by atoms with E-state index in [-0.39, 0.29) is 18.1 Å². The summed E-state index contributed by atoms with van der Waals surface area (Å²) >= 11 is 0. The van der Waals surface area contributed by atoms with Crippen LogP contribution in [0.3, 0.4) is 0 Å². The van der Waals surface area contributed by atoms with Crippen LogP contribution >= 0.6 is 0 Å². The number of hydrogen-bond donors (Lipinski definition) is 2. The van der Waals surface area contributed by atoms with E-state index in [1.165, 1.54) is 24.4 Å². The first-order valence-electron chi connectivity index (χ1n) is 10.5. The molecular formula is C24H28FN3O5. The van der Waals surface area contributed by atoms with Gasteiger partial charge in [-0.05, 0) is 61.7 Å². The van der Waals surface area contributed by atoms with Crippen molar-refractivity contribution in [3.8, 4) is 5.75 Å². The lowest BCUT2D eigenvalue weighted by Crippen LogP contribution is -2.48. The Labute approximate surface area is 192 Å². The highest BCUT2D eigenvalue weighted by Crippen LogP contribution is 2.14. The molecule has 176 valence electrons. The van der Waals surface area contributed by atoms with Gasteiger partial charge in [-0.1, -0.05) is 26.0 Å². The maximum Gasteiger partial charge on any atom is 0.347 e. The third kappa shape index (κ3) is 7.71. The Bertz CT molecular complexity index is 992. The predicted molar refractivity (Wildman–Crippen MR) is 121 cm³/mol. The fourth-order valence-electron chi connectivity index (χ4n) is 2.78. The van der Waals surface area contributed by atoms with Crippen molar-refractivity contribution in [2.24, 2.45) is 11.0 Å². The van der Waals surface area contributed by atoms with Gasteiger partial charge in [0.25, 0.3) is 11.8 Å². The normalized spacial score (nSPS) is 12.8. The van der Waals surface area contributed by atoms with E-state index < -0.39 is 35.7 Å². The van der Waals surface area contributed by atoms with E-state index in [2.05, 4.69) is 15.8 Å². The molecule has 0 saturated heterocycles. The Morgan fingerprint density at radius 2 is 1.73 bits per heavy atom. The number of hydrogen-bond acceptors (Lipinski definition) is 6. The first-order chi connectivity index (χ1) is 15.7. The minimum absolute atomic E-state index is 0.140. The highest BCUT2D eigenvalue weighted by atomic mass is 19.1. The molecule has 0 fully saturated rings. The molecule has 2 unspecified atom stereocenters. The Kier molecular flexibility index (Phi) is 9.53. The van der Waals surface area contributed by atoms with Crippen molar-refractivity contribution in [1.82, 2.24) is 10.7 Å². The van der Waals surface area contributed by atoms with Gasteiger partial charge in [-0.15, -0.1) is 0 Å². The molecule has 2 N–H and O–H groups in total. The van der Waals surface area contributed by atoms with E-state index in [0.29, 0.717) is 11.3 Å². The van der Waals surface area contributed by atoms with Crippen LogP contribution in [-0.2, 0) is 14.3 Å². The second-order valence-corrected chi connectivity index (χ2v) is 7.49. The van der Waals surface area contributed by atoms with Crippen LogP contribution in [0.1, 0.15) is 43.6 Å². The molecule has 33 heavy (non-hydrogen) atoms. The molecular weight excluding hydrogens is 429 g/mol. The summed E-state index contributed by atoms with van der Waals surface area (Å²) in [6.45, 7) is 7.10. The standard InChI is InChI=1S/C24H28FN3O5/c1-5-32-24(31)16(4)33-18-12-10-17(11-13-18)14-26-28-23(30)21(15(2)3)27-22(29)19-8-6-7-9-20(19)25/h6-16,21H,5H2,1-4H3,(H,27,29)(H,28,30)/b26-14+. The minimum atomic E-state index is -0.908. The molecule has 0 radical (unpaired) electrons. The average molecular weight is 458 g/mol. The second kappa shape index (κ2) is 12.3. The molecule has 0 spiro atoms. The minimum Gasteiger partial charge on any atom is -0.479 e. The maximum absolute atomic E-state index is 13.8. The van der Waals surface area contributed by atoms with E-state index in [9.17, 15) is 18.8 Å². The number of carbonyl (C=O) groups is 3. The van der Waals surface area contributed by atoms with Crippen LogP contribution in [0.2, 0.25) is 0 Å². The SMILES string of the molecule is CCOC(=O)C(C)Oc1ccc(/C=N/NC(=O)C(NC(=O)c2ccccc2F)C(C)C)cc1. The van der Waals surface area contributed by atoms with E-state index in [1.807, 2.05) is 0 Å². The number of carbonyl (C=O) groups excluding carboxylic acids is 3. The van der Waals surface area contributed by atoms with E-state index in [0.717, 1.165) is 0 Å². The van der Waals surface area contributed by atoms with Gasteiger partial charge in [0.1, 0.15) is 17.6 Å². The summed E-state index contributed by atoms with van der Waals surface area (Å²) in [5, 5.41) is 6.47. The largest absolute Gasteiger partial charge is 0.479 e. The van der Waals surface area contributed by atoms with Crippen molar-refractivity contribution in [3.63, 3.8) is 0 Å². The molecule has 0 bridgehead atoms. The summed E-state index contributed by atoms with van der Waals surface area (Å²) < 4.78 is 24.2. The first kappa shape index (κ1) is 25.5. The van der Waals surface area contributed by atoms with Crippen molar-refractivity contribution < 1.29 is 28.2 Å². The van der Waals surface area contributed by atoms with E-state index in [4.69, 9.17) is 9.47 Å². The average Bonchev–Trinajstić information content (AvgIpc) is 2.78. The zero-order chi connectivity index (χ0) is 24.4. The number of nitrogens with zero attached hydrogens (tertiary/aromatic N) is 1. The van der Waals surface area contributed by atoms with Gasteiger partial charge >= 0.3 is 5.97 Å². The highest BCUT2D eigenvalue weighted by molar-refractivity contribution is 5.98. The molecule has 2 aromatic rings. The Morgan fingerprint density at radius 1 is 1.06 bits per heavy atom. The van der Waals surface area contributed by atoms with Crippen molar-refractivity contribution in [1.29, 1.82) is 0 Å². The van der Waals surface area contributed by atoms with Gasteiger partial charge in [-0.3, -0.25) is 9.59 Å². The van der Waals surface area contributed by atoms with Gasteiger partial charge in [-0.2, -0.15) is 5.10 Å². The topological polar surface area (TPSA) is 106 Å². The molecule has 2 amide bonds. The van der Waals surface area contributed by atoms with Gasteiger partial charge in [0.05, 0.1) is 18.4 Å². The first-order valence-corrected chi connectivity index (χ1v) is 10.5. The van der Waals surface area contributed by atoms with Crippen LogP contribution in [0.15, 0.2) is 53.6 Å². The second-order valence-electron chi connectivity index (χ2n) is 7.49. The molecule has 0 heterocycles. The maximum atomic E-state index is 13.8. The number of nitrogens with one attached hydrogen (secondary N) is 2. The molecule has 8 nitrogen and oxygen atoms in total. The smallest absolute Gasteiger partial charge is 0.347 e. The zero-order valence-corrected chi connectivity index (χ0v) is 19.0. The fourth-order valence-corrected chi connectivity index (χ4v) is 2.78. The van der Waals surface area contributed by atoms with Crippen LogP contribution in [-0.4, -0.2) is 42.8 Å². The highest BCUT2D eigenvalue weighted by Gasteiger charge is 2.25. The predicted octanol–water partition coefficient (Wildman–Crippen LogP) is 3.06. The number of rotatable bonds is 10. The fraction of sp³-hybridized carbons (Fsp3) is 0.333. The summed E-state index contributed by atoms with van der Waals surface area (Å²) in [6, 6.07) is 11.3. The number of ether oxygens (including phenoxy) is 2. The van der Waals surface area contributed by atoms with Gasteiger partial charge < -0.3 is 14.8 Å². The summed E-state index contributed by atoms with van der Waals surface area (Å²) in [5.74, 6) is -2.11. The summed E-state index contributed by atoms with van der Waals surface area (Å²) in [5.41, 5.74) is 2.92. The van der Waals surface area contributed by atoms with Gasteiger partial charge in [0.2, 0.25) is 0 Å². The van der Waals surface area contributed by atoms with Crippen molar-refractivity contribution >= 4 is 24.0 Å². The number of hydrazone groups is 1. The van der Waals surface area contributed by atoms with Crippen LogP contribution in [0.25, 0.3) is 0 Å². The molecule has 9 heteroatoms. The van der Waals surface area contributed by atoms with Gasteiger partial charge in [0.15, 0.2) is 6.10 Å². The third-order valence-corrected chi connectivity index (χ3v) is 4.55. The van der Waals surface area contributed by atoms with Crippen LogP contribution < -0.4 is 15.5 Å². The number of esters is 1. The molecule has 0 saturated carbocycles. The third-order valence-electron chi connectivity index (χ3n) is 4.55. The summed E-state index contributed by atoms with van der Waals surface area (Å²) in [6.07, 6.45) is 0.684. The number of benzene rings is 2. The zero-order valence-electron chi connectivity index (χ0n) is 19.0. The van der Waals surface area contributed by atoms with Gasteiger partial charge in [0, 0.05) is 0 Å². The molecule has 2 atom stereocenters. The summed E-state index contributed by atoms with van der Waals surface area (Å²) in [7, 11) is 0. The van der Waals surface area contributed by atoms with Crippen molar-refractivity contribution in [3.05, 3.63) is 65.5 Å². The molecule has 2 rings (SSSR count). The Balaban J connectivity index is 1.94. The van der Waals surface area contributed by atoms with Crippen LogP contribution in [0.5, 0.6) is 5.75 Å². The van der Waals surface area contributed by atoms with E-state index in [1.54, 1.807) is 58.0 Å². The van der Waals surface area contributed by atoms with Gasteiger partial charge in [-0.25, -0.2) is 14.6 Å². The van der Waals surface area contributed by atoms with E-state index >= 15 is 0 Å². The van der Waals surface area contributed by atoms with Crippen molar-refractivity contribution in [2.75, 3.05) is 6.61 Å². The number of amides is 2. The molecule has 2 aromatic carbocycles. The molecule has 0 aliphatic rings. The molecule has 0 aliphatic carbocycles. The molecule has 0 aliphatic heterocycles. The number of halogens is 1. The lowest BCUT2D eigenvalue weighted by molar-refractivity contribution is -0.150. The summed E-state index contributed by atoms with van der Waals surface area (Å²) in [4.78, 5) is 36.5. The van der Waals surface area contributed by atoms with Crippen LogP contribution in [0.4, 0.5) is 4.39 Å². The monoisotopic (exact) mass is 457 g/mol. The Hall–Kier alpha value is -3.75. The van der Waals surface area contributed by atoms with Crippen molar-refractivity contribution in [2.45, 2.75) is 39.8 Å². The Morgan fingerprint density at radius 3 is 2.33 bits per heavy atom.